The molecule has 0 atom stereocenters. The monoisotopic (exact) mass is 172 g/mol. The molecule has 0 spiro atoms. The molecule has 2 amide bonds. The van der Waals surface area contributed by atoms with Crippen LogP contribution >= 0.6 is 0 Å². The fourth-order valence-electron chi connectivity index (χ4n) is 1.43. The molecule has 0 heterocycles. The fraction of sp³-hybridized carbons (Fsp3) is 0.875. The van der Waals surface area contributed by atoms with E-state index in [0.29, 0.717) is 12.6 Å². The van der Waals surface area contributed by atoms with Crippen LogP contribution in [-0.2, 0) is 0 Å². The van der Waals surface area contributed by atoms with Gasteiger partial charge in [-0.25, -0.2) is 4.79 Å². The Bertz CT molecular complexity index is 155. The molecule has 0 saturated heterocycles. The van der Waals surface area contributed by atoms with Crippen molar-refractivity contribution in [3.05, 3.63) is 0 Å². The van der Waals surface area contributed by atoms with Crippen molar-refractivity contribution < 1.29 is 9.90 Å². The van der Waals surface area contributed by atoms with Gasteiger partial charge >= 0.3 is 6.03 Å². The summed E-state index contributed by atoms with van der Waals surface area (Å²) in [5.74, 6) is 0.744. The molecule has 1 aliphatic carbocycles. The molecule has 1 fully saturated rings. The Morgan fingerprint density at radius 3 is 2.75 bits per heavy atom. The highest BCUT2D eigenvalue weighted by Crippen LogP contribution is 2.25. The number of amides is 2. The third-order valence-corrected chi connectivity index (χ3v) is 2.11. The summed E-state index contributed by atoms with van der Waals surface area (Å²) in [5.41, 5.74) is 0. The number of hydrogen-bond donors (Lipinski definition) is 3. The molecule has 1 rings (SSSR count). The minimum atomic E-state index is -0.166. The largest absolute Gasteiger partial charge is 0.395 e. The van der Waals surface area contributed by atoms with E-state index in [1.807, 2.05) is 0 Å². The van der Waals surface area contributed by atoms with Gasteiger partial charge in [0, 0.05) is 12.6 Å². The average Bonchev–Trinajstić information content (AvgIpc) is 1.98. The minimum absolute atomic E-state index is 0.00547. The van der Waals surface area contributed by atoms with E-state index in [2.05, 4.69) is 17.6 Å². The van der Waals surface area contributed by atoms with Crippen LogP contribution in [0.1, 0.15) is 19.8 Å². The molecule has 3 N–H and O–H groups in total. The van der Waals surface area contributed by atoms with Gasteiger partial charge < -0.3 is 15.7 Å². The van der Waals surface area contributed by atoms with Gasteiger partial charge in [0.15, 0.2) is 0 Å². The van der Waals surface area contributed by atoms with Crippen LogP contribution in [0.15, 0.2) is 0 Å². The molecule has 1 aliphatic rings. The van der Waals surface area contributed by atoms with Gasteiger partial charge in [-0.3, -0.25) is 0 Å². The van der Waals surface area contributed by atoms with Crippen molar-refractivity contribution >= 4 is 6.03 Å². The Hall–Kier alpha value is -0.770. The SMILES string of the molecule is CC1CC(NC(=O)NCCO)C1. The molecular formula is C8H16N2O2. The number of aliphatic hydroxyl groups is 1. The number of carbonyl (C=O) groups excluding carboxylic acids is 1. The Morgan fingerprint density at radius 2 is 2.25 bits per heavy atom. The quantitative estimate of drug-likeness (QED) is 0.564. The molecule has 4 heteroatoms. The Kier molecular flexibility index (Phi) is 3.34. The van der Waals surface area contributed by atoms with E-state index in [1.165, 1.54) is 0 Å². The number of urea groups is 1. The third-order valence-electron chi connectivity index (χ3n) is 2.11. The maximum absolute atomic E-state index is 11.0. The summed E-state index contributed by atoms with van der Waals surface area (Å²) in [5, 5.41) is 13.8. The summed E-state index contributed by atoms with van der Waals surface area (Å²) in [7, 11) is 0. The van der Waals surface area contributed by atoms with Crippen LogP contribution in [0.3, 0.4) is 0 Å². The van der Waals surface area contributed by atoms with Gasteiger partial charge in [0.05, 0.1) is 6.61 Å². The van der Waals surface area contributed by atoms with E-state index in [0.717, 1.165) is 18.8 Å². The summed E-state index contributed by atoms with van der Waals surface area (Å²) < 4.78 is 0. The standard InChI is InChI=1S/C8H16N2O2/c1-6-4-7(5-6)10-8(12)9-2-3-11/h6-7,11H,2-5H2,1H3,(H2,9,10,12). The topological polar surface area (TPSA) is 61.4 Å². The van der Waals surface area contributed by atoms with Crippen LogP contribution in [0, 0.1) is 5.92 Å². The van der Waals surface area contributed by atoms with Crippen LogP contribution in [0.4, 0.5) is 4.79 Å². The predicted octanol–water partition coefficient (Wildman–Crippen LogP) is 0.0764. The molecular weight excluding hydrogens is 156 g/mol. The van der Waals surface area contributed by atoms with Crippen LogP contribution in [0.5, 0.6) is 0 Å². The van der Waals surface area contributed by atoms with Crippen molar-refractivity contribution in [2.75, 3.05) is 13.2 Å². The van der Waals surface area contributed by atoms with Gasteiger partial charge in [-0.05, 0) is 18.8 Å². The van der Waals surface area contributed by atoms with Crippen LogP contribution in [-0.4, -0.2) is 30.3 Å². The second-order valence-electron chi connectivity index (χ2n) is 3.40. The molecule has 12 heavy (non-hydrogen) atoms. The second kappa shape index (κ2) is 4.30. The molecule has 0 aromatic rings. The van der Waals surface area contributed by atoms with Crippen molar-refractivity contribution in [3.8, 4) is 0 Å². The highest BCUT2D eigenvalue weighted by atomic mass is 16.3. The fourth-order valence-corrected chi connectivity index (χ4v) is 1.43. The average molecular weight is 172 g/mol. The van der Waals surface area contributed by atoms with Gasteiger partial charge in [-0.1, -0.05) is 6.92 Å². The lowest BCUT2D eigenvalue weighted by atomic mass is 9.82. The minimum Gasteiger partial charge on any atom is -0.395 e. The lowest BCUT2D eigenvalue weighted by Crippen LogP contribution is -2.48. The zero-order valence-corrected chi connectivity index (χ0v) is 7.34. The van der Waals surface area contributed by atoms with Crippen LogP contribution < -0.4 is 10.6 Å². The summed E-state index contributed by atoms with van der Waals surface area (Å²) in [6, 6.07) is 0.180. The molecule has 0 radical (unpaired) electrons. The molecule has 1 saturated carbocycles. The number of carbonyl (C=O) groups is 1. The third kappa shape index (κ3) is 2.70. The van der Waals surface area contributed by atoms with E-state index in [9.17, 15) is 4.79 Å². The second-order valence-corrected chi connectivity index (χ2v) is 3.40. The smallest absolute Gasteiger partial charge is 0.315 e. The number of hydrogen-bond acceptors (Lipinski definition) is 2. The number of rotatable bonds is 3. The summed E-state index contributed by atoms with van der Waals surface area (Å²) >= 11 is 0. The van der Waals surface area contributed by atoms with E-state index >= 15 is 0 Å². The molecule has 0 aromatic carbocycles. The Morgan fingerprint density at radius 1 is 1.58 bits per heavy atom. The zero-order valence-electron chi connectivity index (χ0n) is 7.34. The first-order valence-electron chi connectivity index (χ1n) is 4.37. The maximum Gasteiger partial charge on any atom is 0.315 e. The zero-order chi connectivity index (χ0) is 8.97. The van der Waals surface area contributed by atoms with Gasteiger partial charge in [0.25, 0.3) is 0 Å². The van der Waals surface area contributed by atoms with Crippen molar-refractivity contribution in [2.24, 2.45) is 5.92 Å². The molecule has 0 aromatic heterocycles. The first kappa shape index (κ1) is 9.32. The molecule has 4 nitrogen and oxygen atoms in total. The van der Waals surface area contributed by atoms with E-state index < -0.39 is 0 Å². The van der Waals surface area contributed by atoms with E-state index in [1.54, 1.807) is 0 Å². The van der Waals surface area contributed by atoms with Crippen molar-refractivity contribution in [2.45, 2.75) is 25.8 Å². The first-order chi connectivity index (χ1) is 5.72. The van der Waals surface area contributed by atoms with Gasteiger partial charge in [0.1, 0.15) is 0 Å². The van der Waals surface area contributed by atoms with E-state index in [-0.39, 0.29) is 12.6 Å². The molecule has 0 unspecified atom stereocenters. The molecule has 0 bridgehead atoms. The van der Waals surface area contributed by atoms with Gasteiger partial charge in [0.2, 0.25) is 0 Å². The number of nitrogens with one attached hydrogen (secondary N) is 2. The van der Waals surface area contributed by atoms with Crippen molar-refractivity contribution in [3.63, 3.8) is 0 Å². The maximum atomic E-state index is 11.0. The van der Waals surface area contributed by atoms with Crippen LogP contribution in [0.2, 0.25) is 0 Å². The Labute approximate surface area is 72.3 Å². The number of aliphatic hydroxyl groups excluding tert-OH is 1. The van der Waals surface area contributed by atoms with Crippen molar-refractivity contribution in [1.29, 1.82) is 0 Å². The van der Waals surface area contributed by atoms with Crippen molar-refractivity contribution in [1.82, 2.24) is 10.6 Å². The lowest BCUT2D eigenvalue weighted by molar-refractivity contribution is 0.206. The first-order valence-corrected chi connectivity index (χ1v) is 4.37. The normalized spacial score (nSPS) is 27.5. The highest BCUT2D eigenvalue weighted by Gasteiger charge is 2.26. The van der Waals surface area contributed by atoms with Gasteiger partial charge in [-0.15, -0.1) is 0 Å². The Balaban J connectivity index is 2.03. The van der Waals surface area contributed by atoms with E-state index in [4.69, 9.17) is 5.11 Å². The lowest BCUT2D eigenvalue weighted by Gasteiger charge is -2.33. The predicted molar refractivity (Wildman–Crippen MR) is 45.8 cm³/mol. The van der Waals surface area contributed by atoms with Gasteiger partial charge in [-0.2, -0.15) is 0 Å². The summed E-state index contributed by atoms with van der Waals surface area (Å²) in [4.78, 5) is 11.0. The van der Waals surface area contributed by atoms with Crippen LogP contribution in [0.25, 0.3) is 0 Å². The summed E-state index contributed by atoms with van der Waals surface area (Å²) in [6.07, 6.45) is 2.15. The highest BCUT2D eigenvalue weighted by molar-refractivity contribution is 5.74. The molecule has 70 valence electrons. The summed E-state index contributed by atoms with van der Waals surface area (Å²) in [6.45, 7) is 2.49. The molecule has 0 aliphatic heterocycles.